The zero-order valence-corrected chi connectivity index (χ0v) is 26.0. The molecule has 234 valence electrons. The first-order valence-corrected chi connectivity index (χ1v) is 13.9. The molecule has 1 aromatic rings. The summed E-state index contributed by atoms with van der Waals surface area (Å²) < 4.78 is 11.1. The summed E-state index contributed by atoms with van der Waals surface area (Å²) in [6.07, 6.45) is -0.0734. The Morgan fingerprint density at radius 1 is 0.952 bits per heavy atom. The smallest absolute Gasteiger partial charge is 0.308 e. The van der Waals surface area contributed by atoms with Gasteiger partial charge < -0.3 is 31.2 Å². The minimum Gasteiger partial charge on any atom is -0.460 e. The maximum atomic E-state index is 13.6. The van der Waals surface area contributed by atoms with E-state index in [1.165, 1.54) is 0 Å². The molecule has 13 heteroatoms. The van der Waals surface area contributed by atoms with Crippen LogP contribution in [0.5, 0.6) is 0 Å². The minimum atomic E-state index is -1.26. The van der Waals surface area contributed by atoms with E-state index in [2.05, 4.69) is 26.0 Å². The molecule has 0 spiro atoms. The summed E-state index contributed by atoms with van der Waals surface area (Å²) in [4.78, 5) is 54.7. The van der Waals surface area contributed by atoms with Crippen molar-refractivity contribution in [3.63, 3.8) is 0 Å². The largest absolute Gasteiger partial charge is 0.460 e. The summed E-state index contributed by atoms with van der Waals surface area (Å²) in [6, 6.07) is 6.90. The Balaban J connectivity index is 3.15. The van der Waals surface area contributed by atoms with Crippen LogP contribution in [-0.2, 0) is 35.1 Å². The maximum absolute atomic E-state index is 13.6. The SMILES string of the molecule is CC(C)(C)OC[C@H](NC(=O)[C@@H](N)CC(=O)OC(C)(C)C)C(=O)NC(C)(C)[C@@H](Cc1ccccc1)C(=O)NCCN=[N+]=[N-]. The van der Waals surface area contributed by atoms with E-state index < -0.39 is 52.5 Å². The summed E-state index contributed by atoms with van der Waals surface area (Å²) in [7, 11) is 0. The van der Waals surface area contributed by atoms with E-state index in [0.29, 0.717) is 6.42 Å². The Morgan fingerprint density at radius 3 is 2.12 bits per heavy atom. The number of nitrogens with zero attached hydrogens (tertiary/aromatic N) is 3. The fourth-order valence-corrected chi connectivity index (χ4v) is 3.86. The number of carbonyl (C=O) groups excluding carboxylic acids is 4. The van der Waals surface area contributed by atoms with Gasteiger partial charge in [-0.2, -0.15) is 0 Å². The van der Waals surface area contributed by atoms with Gasteiger partial charge in [0.1, 0.15) is 11.6 Å². The molecule has 42 heavy (non-hydrogen) atoms. The third kappa shape index (κ3) is 14.3. The van der Waals surface area contributed by atoms with Gasteiger partial charge in [0, 0.05) is 23.5 Å². The zero-order chi connectivity index (χ0) is 32.1. The molecular formula is C29H47N7O6. The van der Waals surface area contributed by atoms with Crippen LogP contribution >= 0.6 is 0 Å². The monoisotopic (exact) mass is 589 g/mol. The predicted octanol–water partition coefficient (Wildman–Crippen LogP) is 2.53. The van der Waals surface area contributed by atoms with E-state index in [4.69, 9.17) is 20.7 Å². The van der Waals surface area contributed by atoms with Gasteiger partial charge >= 0.3 is 5.97 Å². The number of amides is 3. The standard InChI is InChI=1S/C29H47N7O6/c1-27(2,3)41-18-22(34-25(39)21(30)17-23(37)42-28(4,5)6)26(40)35-29(7,8)20(16-19-12-10-9-11-13-19)24(38)32-14-15-33-36-31/h9-13,20-22H,14-18,30H2,1-8H3,(H,32,38)(H,34,39)(H,35,40)/t20-,21-,22-/m0/s1. The van der Waals surface area contributed by atoms with Crippen molar-refractivity contribution in [2.24, 2.45) is 16.8 Å². The van der Waals surface area contributed by atoms with Gasteiger partial charge in [-0.1, -0.05) is 35.4 Å². The van der Waals surface area contributed by atoms with Gasteiger partial charge in [-0.25, -0.2) is 0 Å². The fraction of sp³-hybridized carbons (Fsp3) is 0.655. The van der Waals surface area contributed by atoms with Crippen molar-refractivity contribution in [3.8, 4) is 0 Å². The lowest BCUT2D eigenvalue weighted by atomic mass is 9.81. The van der Waals surface area contributed by atoms with Crippen LogP contribution in [0.3, 0.4) is 0 Å². The van der Waals surface area contributed by atoms with E-state index in [1.54, 1.807) is 55.4 Å². The molecule has 0 bridgehead atoms. The van der Waals surface area contributed by atoms with Gasteiger partial charge in [0.25, 0.3) is 0 Å². The van der Waals surface area contributed by atoms with E-state index in [1.807, 2.05) is 30.3 Å². The first kappa shape index (κ1) is 36.4. The third-order valence-electron chi connectivity index (χ3n) is 5.95. The molecule has 0 aromatic heterocycles. The first-order valence-electron chi connectivity index (χ1n) is 13.9. The van der Waals surface area contributed by atoms with Crippen molar-refractivity contribution in [3.05, 3.63) is 46.3 Å². The highest BCUT2D eigenvalue weighted by Crippen LogP contribution is 2.23. The Hall–Kier alpha value is -3.67. The Labute approximate surface area is 248 Å². The maximum Gasteiger partial charge on any atom is 0.308 e. The molecule has 0 saturated heterocycles. The second-order valence-corrected chi connectivity index (χ2v) is 12.6. The number of hydrogen-bond donors (Lipinski definition) is 4. The summed E-state index contributed by atoms with van der Waals surface area (Å²) in [6.45, 7) is 14.0. The normalized spacial score (nSPS) is 14.0. The molecule has 0 radical (unpaired) electrons. The lowest BCUT2D eigenvalue weighted by molar-refractivity contribution is -0.156. The van der Waals surface area contributed by atoms with E-state index >= 15 is 0 Å². The van der Waals surface area contributed by atoms with Crippen LogP contribution in [0.2, 0.25) is 0 Å². The fourth-order valence-electron chi connectivity index (χ4n) is 3.86. The third-order valence-corrected chi connectivity index (χ3v) is 5.95. The van der Waals surface area contributed by atoms with Crippen molar-refractivity contribution >= 4 is 23.7 Å². The van der Waals surface area contributed by atoms with E-state index in [0.717, 1.165) is 5.56 Å². The number of nitrogens with two attached hydrogens (primary N) is 1. The van der Waals surface area contributed by atoms with Crippen molar-refractivity contribution in [2.75, 3.05) is 19.7 Å². The molecule has 0 aliphatic heterocycles. The van der Waals surface area contributed by atoms with Crippen LogP contribution in [0, 0.1) is 5.92 Å². The summed E-state index contributed by atoms with van der Waals surface area (Å²) in [5, 5.41) is 11.7. The van der Waals surface area contributed by atoms with Crippen LogP contribution in [0.25, 0.3) is 10.4 Å². The van der Waals surface area contributed by atoms with Crippen LogP contribution in [-0.4, -0.2) is 72.2 Å². The van der Waals surface area contributed by atoms with E-state index in [-0.39, 0.29) is 32.0 Å². The van der Waals surface area contributed by atoms with Crippen LogP contribution in [0.4, 0.5) is 0 Å². The summed E-state index contributed by atoms with van der Waals surface area (Å²) >= 11 is 0. The van der Waals surface area contributed by atoms with Gasteiger partial charge in [-0.3, -0.25) is 19.2 Å². The van der Waals surface area contributed by atoms with Crippen molar-refractivity contribution in [1.82, 2.24) is 16.0 Å². The molecule has 0 saturated carbocycles. The minimum absolute atomic E-state index is 0.0783. The average Bonchev–Trinajstić information content (AvgIpc) is 2.85. The molecule has 0 unspecified atom stereocenters. The molecule has 3 amide bonds. The first-order chi connectivity index (χ1) is 19.3. The molecule has 13 nitrogen and oxygen atoms in total. The summed E-state index contributed by atoms with van der Waals surface area (Å²) in [5.41, 5.74) is 12.9. The number of azide groups is 1. The number of hydrogen-bond acceptors (Lipinski definition) is 8. The highest BCUT2D eigenvalue weighted by atomic mass is 16.6. The Morgan fingerprint density at radius 2 is 1.57 bits per heavy atom. The van der Waals surface area contributed by atoms with Gasteiger partial charge in [-0.15, -0.1) is 0 Å². The molecule has 1 rings (SSSR count). The van der Waals surface area contributed by atoms with Crippen LogP contribution in [0.15, 0.2) is 35.4 Å². The van der Waals surface area contributed by atoms with Crippen LogP contribution in [0.1, 0.15) is 67.4 Å². The highest BCUT2D eigenvalue weighted by molar-refractivity contribution is 5.92. The van der Waals surface area contributed by atoms with Crippen molar-refractivity contribution < 1.29 is 28.7 Å². The molecule has 0 aliphatic carbocycles. The zero-order valence-electron chi connectivity index (χ0n) is 26.0. The predicted molar refractivity (Wildman–Crippen MR) is 159 cm³/mol. The van der Waals surface area contributed by atoms with Gasteiger partial charge in [0.2, 0.25) is 17.7 Å². The molecular weight excluding hydrogens is 542 g/mol. The average molecular weight is 590 g/mol. The number of rotatable bonds is 15. The molecule has 5 N–H and O–H groups in total. The van der Waals surface area contributed by atoms with Gasteiger partial charge in [0.05, 0.1) is 30.6 Å². The molecule has 1 aromatic carbocycles. The second kappa shape index (κ2) is 16.1. The lowest BCUT2D eigenvalue weighted by Crippen LogP contribution is -2.61. The second-order valence-electron chi connectivity index (χ2n) is 12.6. The molecule has 3 atom stereocenters. The highest BCUT2D eigenvalue weighted by Gasteiger charge is 2.39. The van der Waals surface area contributed by atoms with Crippen molar-refractivity contribution in [2.45, 2.75) is 97.1 Å². The molecule has 0 heterocycles. The quantitative estimate of drug-likeness (QED) is 0.0792. The number of carbonyl (C=O) groups is 4. The number of nitrogens with one attached hydrogen (secondary N) is 3. The summed E-state index contributed by atoms with van der Waals surface area (Å²) in [5.74, 6) is -3.05. The number of ether oxygens (including phenoxy) is 2. The van der Waals surface area contributed by atoms with Crippen LogP contribution < -0.4 is 21.7 Å². The Kier molecular flexibility index (Phi) is 13.9. The topological polar surface area (TPSA) is 198 Å². The number of esters is 1. The number of benzene rings is 1. The lowest BCUT2D eigenvalue weighted by Gasteiger charge is -2.36. The Bertz CT molecular complexity index is 1110. The van der Waals surface area contributed by atoms with Gasteiger partial charge in [0.15, 0.2) is 0 Å². The van der Waals surface area contributed by atoms with Crippen molar-refractivity contribution in [1.29, 1.82) is 0 Å². The molecule has 0 aliphatic rings. The molecule has 0 fully saturated rings. The van der Waals surface area contributed by atoms with Gasteiger partial charge in [-0.05, 0) is 72.9 Å². The van der Waals surface area contributed by atoms with E-state index in [9.17, 15) is 19.2 Å².